The third kappa shape index (κ3) is 8.94. The van der Waals surface area contributed by atoms with Crippen LogP contribution in [0.3, 0.4) is 0 Å². The molecule has 0 atom stereocenters. The molecule has 8 nitrogen and oxygen atoms in total. The highest BCUT2D eigenvalue weighted by Gasteiger charge is 2.38. The minimum atomic E-state index is -5.04. The van der Waals surface area contributed by atoms with Gasteiger partial charge in [-0.3, -0.25) is 25.2 Å². The number of benzene rings is 2. The highest BCUT2D eigenvalue weighted by atomic mass is 32.2. The van der Waals surface area contributed by atoms with E-state index < -0.39 is 22.1 Å². The summed E-state index contributed by atoms with van der Waals surface area (Å²) in [5, 5.41) is 2.78. The zero-order chi connectivity index (χ0) is 27.1. The van der Waals surface area contributed by atoms with Gasteiger partial charge in [0.2, 0.25) is 5.91 Å². The molecule has 4 N–H and O–H groups in total. The Labute approximate surface area is 212 Å². The van der Waals surface area contributed by atoms with Crippen LogP contribution in [0.1, 0.15) is 31.4 Å². The highest BCUT2D eigenvalue weighted by Crippen LogP contribution is 2.27. The molecule has 2 rings (SSSR count). The largest absolute Gasteiger partial charge is 0.472 e. The fourth-order valence-electron chi connectivity index (χ4n) is 2.98. The van der Waals surface area contributed by atoms with E-state index in [4.69, 9.17) is 0 Å². The molecule has 0 radical (unpaired) electrons. The first kappa shape index (κ1) is 29.3. The monoisotopic (exact) mass is 546 g/mol. The van der Waals surface area contributed by atoms with E-state index >= 15 is 0 Å². The van der Waals surface area contributed by atoms with Crippen molar-refractivity contribution in [3.05, 3.63) is 47.5 Å². The van der Waals surface area contributed by atoms with E-state index in [0.717, 1.165) is 5.75 Å². The maximum atomic E-state index is 13.0. The van der Waals surface area contributed by atoms with Gasteiger partial charge in [0.25, 0.3) is 10.0 Å². The van der Waals surface area contributed by atoms with E-state index in [9.17, 15) is 31.2 Å². The average molecular weight is 547 g/mol. The summed E-state index contributed by atoms with van der Waals surface area (Å²) in [5.41, 5.74) is 5.43. The van der Waals surface area contributed by atoms with Crippen molar-refractivity contribution in [3.63, 3.8) is 0 Å². The number of aryl methyl sites for hydroxylation is 2. The molecular weight excluding hydrogens is 517 g/mol. The number of hydrogen-bond donors (Lipinski definition) is 4. The standard InChI is InChI=1S/C23H29F3N4O4S2/c1-14(2)13-35-10-9-21(31)27-19-12-20(16(4)11-15(19)3)36(33,34)30-18-7-5-17(6-8-18)28-29-22(32)23(24,25)26/h5-8,11-12,14,28,30H,9-10,13H2,1-4H3,(H,27,31)(H,29,32). The molecule has 0 aliphatic rings. The molecular formula is C23H29F3N4O4S2. The topological polar surface area (TPSA) is 116 Å². The van der Waals surface area contributed by atoms with Crippen LogP contribution in [0.2, 0.25) is 0 Å². The van der Waals surface area contributed by atoms with Crippen LogP contribution in [-0.4, -0.2) is 37.9 Å². The summed E-state index contributed by atoms with van der Waals surface area (Å²) in [7, 11) is -4.05. The van der Waals surface area contributed by atoms with Crippen molar-refractivity contribution in [2.45, 2.75) is 45.2 Å². The molecule has 0 aromatic heterocycles. The lowest BCUT2D eigenvalue weighted by Gasteiger charge is -2.15. The fourth-order valence-corrected chi connectivity index (χ4v) is 5.26. The first-order valence-corrected chi connectivity index (χ1v) is 13.6. The number of halogens is 3. The smallest absolute Gasteiger partial charge is 0.326 e. The first-order valence-electron chi connectivity index (χ1n) is 10.9. The van der Waals surface area contributed by atoms with Crippen LogP contribution < -0.4 is 20.9 Å². The number of sulfonamides is 1. The van der Waals surface area contributed by atoms with Crippen LogP contribution in [0.4, 0.5) is 30.2 Å². The predicted molar refractivity (Wildman–Crippen MR) is 136 cm³/mol. The minimum absolute atomic E-state index is 0.0303. The Kier molecular flexibility index (Phi) is 10.1. The second kappa shape index (κ2) is 12.3. The maximum absolute atomic E-state index is 13.0. The zero-order valence-electron chi connectivity index (χ0n) is 20.2. The number of carbonyl (C=O) groups is 2. The van der Waals surface area contributed by atoms with E-state index in [-0.39, 0.29) is 22.2 Å². The van der Waals surface area contributed by atoms with E-state index in [1.165, 1.54) is 35.8 Å². The summed E-state index contributed by atoms with van der Waals surface area (Å²) in [4.78, 5) is 23.2. The van der Waals surface area contributed by atoms with Crippen LogP contribution in [-0.2, 0) is 19.6 Å². The summed E-state index contributed by atoms with van der Waals surface area (Å²) in [5.74, 6) is -0.244. The van der Waals surface area contributed by atoms with Gasteiger partial charge < -0.3 is 5.32 Å². The number of alkyl halides is 3. The van der Waals surface area contributed by atoms with Gasteiger partial charge in [-0.15, -0.1) is 0 Å². The van der Waals surface area contributed by atoms with Crippen molar-refractivity contribution in [3.8, 4) is 0 Å². The van der Waals surface area contributed by atoms with Gasteiger partial charge in [0.15, 0.2) is 0 Å². The molecule has 198 valence electrons. The minimum Gasteiger partial charge on any atom is -0.326 e. The van der Waals surface area contributed by atoms with E-state index in [0.29, 0.717) is 34.9 Å². The maximum Gasteiger partial charge on any atom is 0.472 e. The first-order chi connectivity index (χ1) is 16.7. The number of rotatable bonds is 11. The van der Waals surface area contributed by atoms with Gasteiger partial charge in [-0.05, 0) is 67.0 Å². The van der Waals surface area contributed by atoms with Crippen LogP contribution >= 0.6 is 11.8 Å². The Hall–Kier alpha value is -2.93. The normalized spacial score (nSPS) is 11.8. The molecule has 2 amide bonds. The third-order valence-electron chi connectivity index (χ3n) is 4.73. The molecule has 0 saturated carbocycles. The van der Waals surface area contributed by atoms with Gasteiger partial charge in [0, 0.05) is 23.5 Å². The van der Waals surface area contributed by atoms with E-state index in [1.807, 2.05) is 0 Å². The van der Waals surface area contributed by atoms with Gasteiger partial charge >= 0.3 is 12.1 Å². The lowest BCUT2D eigenvalue weighted by molar-refractivity contribution is -0.173. The Bertz CT molecular complexity index is 1190. The van der Waals surface area contributed by atoms with Crippen molar-refractivity contribution in [2.24, 2.45) is 5.92 Å². The highest BCUT2D eigenvalue weighted by molar-refractivity contribution is 7.99. The molecule has 0 fully saturated rings. The lowest BCUT2D eigenvalue weighted by Crippen LogP contribution is -2.40. The zero-order valence-corrected chi connectivity index (χ0v) is 21.9. The predicted octanol–water partition coefficient (Wildman–Crippen LogP) is 4.83. The Morgan fingerprint density at radius 2 is 1.61 bits per heavy atom. The number of hydrazine groups is 1. The average Bonchev–Trinajstić information content (AvgIpc) is 2.76. The van der Waals surface area contributed by atoms with Crippen LogP contribution in [0.15, 0.2) is 41.3 Å². The summed E-state index contributed by atoms with van der Waals surface area (Å²) < 4.78 is 65.3. The number of nitrogens with one attached hydrogen (secondary N) is 4. The van der Waals surface area contributed by atoms with Crippen molar-refractivity contribution >= 4 is 50.7 Å². The number of thioether (sulfide) groups is 1. The number of carbonyl (C=O) groups excluding carboxylic acids is 2. The molecule has 0 saturated heterocycles. The van der Waals surface area contributed by atoms with E-state index in [2.05, 4.69) is 29.3 Å². The molecule has 0 aliphatic heterocycles. The number of anilines is 3. The van der Waals surface area contributed by atoms with Gasteiger partial charge in [-0.2, -0.15) is 24.9 Å². The van der Waals surface area contributed by atoms with Crippen LogP contribution in [0, 0.1) is 19.8 Å². The second-order valence-electron chi connectivity index (χ2n) is 8.46. The summed E-state index contributed by atoms with van der Waals surface area (Å²) in [6, 6.07) is 8.28. The van der Waals surface area contributed by atoms with Gasteiger partial charge in [0.05, 0.1) is 10.6 Å². The summed E-state index contributed by atoms with van der Waals surface area (Å²) in [6.45, 7) is 7.60. The lowest BCUT2D eigenvalue weighted by atomic mass is 10.1. The van der Waals surface area contributed by atoms with Crippen LogP contribution in [0.5, 0.6) is 0 Å². The third-order valence-corrected chi connectivity index (χ3v) is 7.64. The molecule has 2 aromatic rings. The number of amides is 2. The quantitative estimate of drug-likeness (QED) is 0.237. The molecule has 0 unspecified atom stereocenters. The van der Waals surface area contributed by atoms with Gasteiger partial charge in [-0.25, -0.2) is 8.42 Å². The van der Waals surface area contributed by atoms with Crippen molar-refractivity contribution < 1.29 is 31.2 Å². The molecule has 2 aromatic carbocycles. The van der Waals surface area contributed by atoms with Crippen molar-refractivity contribution in [1.82, 2.24) is 5.43 Å². The fraction of sp³-hybridized carbons (Fsp3) is 0.391. The second-order valence-corrected chi connectivity index (χ2v) is 11.3. The Balaban J connectivity index is 2.09. The molecule has 0 spiro atoms. The number of hydrogen-bond acceptors (Lipinski definition) is 6. The Morgan fingerprint density at radius 3 is 2.19 bits per heavy atom. The van der Waals surface area contributed by atoms with Crippen molar-refractivity contribution in [2.75, 3.05) is 27.0 Å². The Morgan fingerprint density at radius 1 is 1.00 bits per heavy atom. The SMILES string of the molecule is Cc1cc(C)c(S(=O)(=O)Nc2ccc(NNC(=O)C(F)(F)F)cc2)cc1NC(=O)CCSCC(C)C. The molecule has 36 heavy (non-hydrogen) atoms. The van der Waals surface area contributed by atoms with Gasteiger partial charge in [-0.1, -0.05) is 19.9 Å². The summed E-state index contributed by atoms with van der Waals surface area (Å²) in [6.07, 6.45) is -4.74. The molecule has 0 bridgehead atoms. The molecule has 13 heteroatoms. The molecule has 0 aliphatic carbocycles. The van der Waals surface area contributed by atoms with Crippen LogP contribution in [0.25, 0.3) is 0 Å². The van der Waals surface area contributed by atoms with Gasteiger partial charge in [0.1, 0.15) is 0 Å². The molecule has 0 heterocycles. The summed E-state index contributed by atoms with van der Waals surface area (Å²) >= 11 is 1.68. The van der Waals surface area contributed by atoms with E-state index in [1.54, 1.807) is 31.7 Å². The van der Waals surface area contributed by atoms with Crippen molar-refractivity contribution in [1.29, 1.82) is 0 Å².